The van der Waals surface area contributed by atoms with Crippen LogP contribution in [0.5, 0.6) is 0 Å². The number of halogens is 2. The summed E-state index contributed by atoms with van der Waals surface area (Å²) >= 11 is 11.7. The van der Waals surface area contributed by atoms with Gasteiger partial charge >= 0.3 is 0 Å². The van der Waals surface area contributed by atoms with Gasteiger partial charge in [-0.15, -0.1) is 11.6 Å². The Bertz CT molecular complexity index is 504. The summed E-state index contributed by atoms with van der Waals surface area (Å²) in [5.74, 6) is 0.323. The second kappa shape index (κ2) is 5.14. The van der Waals surface area contributed by atoms with Gasteiger partial charge in [0.25, 0.3) is 0 Å². The van der Waals surface area contributed by atoms with Gasteiger partial charge in [0.2, 0.25) is 10.0 Å². The fraction of sp³-hybridized carbons (Fsp3) is 0.455. The predicted octanol–water partition coefficient (Wildman–Crippen LogP) is 2.73. The molecule has 1 atom stereocenters. The van der Waals surface area contributed by atoms with Gasteiger partial charge in [0.15, 0.2) is 0 Å². The lowest BCUT2D eigenvalue weighted by atomic mass is 10.3. The van der Waals surface area contributed by atoms with E-state index in [1.54, 1.807) is 18.2 Å². The monoisotopic (exact) mass is 293 g/mol. The molecule has 17 heavy (non-hydrogen) atoms. The highest BCUT2D eigenvalue weighted by molar-refractivity contribution is 7.89. The van der Waals surface area contributed by atoms with E-state index in [1.807, 2.05) is 0 Å². The molecule has 2 rings (SSSR count). The molecule has 1 aliphatic heterocycles. The van der Waals surface area contributed by atoms with E-state index in [2.05, 4.69) is 0 Å². The molecule has 1 saturated heterocycles. The topological polar surface area (TPSA) is 37.4 Å². The Hall–Kier alpha value is -0.290. The van der Waals surface area contributed by atoms with Gasteiger partial charge in [-0.1, -0.05) is 23.7 Å². The highest BCUT2D eigenvalue weighted by Gasteiger charge is 2.35. The third-order valence-electron chi connectivity index (χ3n) is 2.92. The van der Waals surface area contributed by atoms with Gasteiger partial charge in [-0.2, -0.15) is 4.31 Å². The van der Waals surface area contributed by atoms with Crippen molar-refractivity contribution in [3.63, 3.8) is 0 Å². The van der Waals surface area contributed by atoms with Crippen molar-refractivity contribution >= 4 is 33.2 Å². The highest BCUT2D eigenvalue weighted by Crippen LogP contribution is 2.30. The Labute approximate surface area is 111 Å². The van der Waals surface area contributed by atoms with E-state index >= 15 is 0 Å². The molecule has 0 N–H and O–H groups in total. The first-order valence-corrected chi connectivity index (χ1v) is 7.75. The van der Waals surface area contributed by atoms with Crippen LogP contribution < -0.4 is 0 Å². The number of alkyl halides is 1. The quantitative estimate of drug-likeness (QED) is 0.804. The molecular formula is C11H13Cl2NO2S. The SMILES string of the molecule is O=S(=O)(c1ccccc1Cl)N1CCCC1CCl. The van der Waals surface area contributed by atoms with Gasteiger partial charge < -0.3 is 0 Å². The van der Waals surface area contributed by atoms with Crippen molar-refractivity contribution in [1.29, 1.82) is 0 Å². The van der Waals surface area contributed by atoms with Crippen molar-refractivity contribution < 1.29 is 8.42 Å². The molecule has 0 spiro atoms. The third-order valence-corrected chi connectivity index (χ3v) is 5.73. The van der Waals surface area contributed by atoms with Crippen LogP contribution >= 0.6 is 23.2 Å². The lowest BCUT2D eigenvalue weighted by molar-refractivity contribution is 0.411. The van der Waals surface area contributed by atoms with Crippen LogP contribution in [-0.2, 0) is 10.0 Å². The summed E-state index contributed by atoms with van der Waals surface area (Å²) in [5, 5.41) is 0.257. The van der Waals surface area contributed by atoms with Crippen LogP contribution in [0.25, 0.3) is 0 Å². The molecule has 1 unspecified atom stereocenters. The summed E-state index contributed by atoms with van der Waals surface area (Å²) in [7, 11) is -3.51. The summed E-state index contributed by atoms with van der Waals surface area (Å²) in [5.41, 5.74) is 0. The average molecular weight is 294 g/mol. The predicted molar refractivity (Wildman–Crippen MR) is 69.1 cm³/mol. The zero-order chi connectivity index (χ0) is 12.5. The molecule has 0 bridgehead atoms. The van der Waals surface area contributed by atoms with Gasteiger partial charge in [0.05, 0.1) is 5.02 Å². The number of sulfonamides is 1. The van der Waals surface area contributed by atoms with Gasteiger partial charge in [0.1, 0.15) is 4.90 Å². The van der Waals surface area contributed by atoms with Crippen LogP contribution in [0, 0.1) is 0 Å². The molecule has 0 aliphatic carbocycles. The minimum Gasteiger partial charge on any atom is -0.207 e. The largest absolute Gasteiger partial charge is 0.244 e. The third kappa shape index (κ3) is 2.45. The summed E-state index contributed by atoms with van der Waals surface area (Å²) in [6, 6.07) is 6.38. The lowest BCUT2D eigenvalue weighted by Gasteiger charge is -2.22. The molecule has 1 heterocycles. The van der Waals surface area contributed by atoms with Crippen LogP contribution in [0.1, 0.15) is 12.8 Å². The molecule has 94 valence electrons. The van der Waals surface area contributed by atoms with E-state index in [-0.39, 0.29) is 16.0 Å². The molecule has 1 aromatic rings. The van der Waals surface area contributed by atoms with Gasteiger partial charge in [0, 0.05) is 18.5 Å². The zero-order valence-corrected chi connectivity index (χ0v) is 11.5. The Balaban J connectivity index is 2.40. The highest BCUT2D eigenvalue weighted by atomic mass is 35.5. The molecule has 1 fully saturated rings. The van der Waals surface area contributed by atoms with Crippen LogP contribution in [0.3, 0.4) is 0 Å². The summed E-state index contributed by atoms with van der Waals surface area (Å²) < 4.78 is 26.3. The summed E-state index contributed by atoms with van der Waals surface area (Å²) in [6.45, 7) is 0.519. The number of hydrogen-bond donors (Lipinski definition) is 0. The summed E-state index contributed by atoms with van der Waals surface area (Å²) in [4.78, 5) is 0.165. The van der Waals surface area contributed by atoms with Crippen LogP contribution in [-0.4, -0.2) is 31.2 Å². The van der Waals surface area contributed by atoms with E-state index in [9.17, 15) is 8.42 Å². The van der Waals surface area contributed by atoms with Gasteiger partial charge in [-0.3, -0.25) is 0 Å². The van der Waals surface area contributed by atoms with E-state index < -0.39 is 10.0 Å². The number of benzene rings is 1. The smallest absolute Gasteiger partial charge is 0.207 e. The van der Waals surface area contributed by atoms with E-state index in [1.165, 1.54) is 10.4 Å². The molecular weight excluding hydrogens is 281 g/mol. The standard InChI is InChI=1S/C11H13Cl2NO2S/c12-8-9-4-3-7-14(9)17(15,16)11-6-2-1-5-10(11)13/h1-2,5-6,9H,3-4,7-8H2. The van der Waals surface area contributed by atoms with E-state index in [0.29, 0.717) is 12.4 Å². The number of rotatable bonds is 3. The van der Waals surface area contributed by atoms with E-state index in [0.717, 1.165) is 12.8 Å². The first-order valence-electron chi connectivity index (χ1n) is 5.39. The lowest BCUT2D eigenvalue weighted by Crippen LogP contribution is -2.36. The molecule has 3 nitrogen and oxygen atoms in total. The number of nitrogens with zero attached hydrogens (tertiary/aromatic N) is 1. The van der Waals surface area contributed by atoms with E-state index in [4.69, 9.17) is 23.2 Å². The zero-order valence-electron chi connectivity index (χ0n) is 9.14. The first kappa shape index (κ1) is 13.1. The normalized spacial score (nSPS) is 21.9. The maximum absolute atomic E-state index is 12.4. The maximum atomic E-state index is 12.4. The van der Waals surface area contributed by atoms with Gasteiger partial charge in [-0.25, -0.2) is 8.42 Å². The minimum atomic E-state index is -3.51. The molecule has 1 aliphatic rings. The second-order valence-corrected chi connectivity index (χ2v) is 6.57. The van der Waals surface area contributed by atoms with Crippen molar-refractivity contribution in [3.8, 4) is 0 Å². The molecule has 0 saturated carbocycles. The van der Waals surface area contributed by atoms with Crippen LogP contribution in [0.2, 0.25) is 5.02 Å². The maximum Gasteiger partial charge on any atom is 0.244 e. The molecule has 6 heteroatoms. The van der Waals surface area contributed by atoms with Crippen LogP contribution in [0.4, 0.5) is 0 Å². The van der Waals surface area contributed by atoms with Crippen molar-refractivity contribution in [2.24, 2.45) is 0 Å². The Morgan fingerprint density at radius 3 is 2.71 bits per heavy atom. The molecule has 1 aromatic carbocycles. The van der Waals surface area contributed by atoms with Crippen molar-refractivity contribution in [1.82, 2.24) is 4.31 Å². The average Bonchev–Trinajstić information content (AvgIpc) is 2.78. The van der Waals surface area contributed by atoms with Crippen molar-refractivity contribution in [2.75, 3.05) is 12.4 Å². The van der Waals surface area contributed by atoms with Crippen molar-refractivity contribution in [2.45, 2.75) is 23.8 Å². The van der Waals surface area contributed by atoms with Gasteiger partial charge in [-0.05, 0) is 25.0 Å². The fourth-order valence-electron chi connectivity index (χ4n) is 2.06. The molecule has 0 amide bonds. The Kier molecular flexibility index (Phi) is 3.98. The fourth-order valence-corrected chi connectivity index (χ4v) is 4.65. The van der Waals surface area contributed by atoms with Crippen molar-refractivity contribution in [3.05, 3.63) is 29.3 Å². The number of hydrogen-bond acceptors (Lipinski definition) is 2. The Morgan fingerprint density at radius 1 is 1.35 bits per heavy atom. The first-order chi connectivity index (χ1) is 8.07. The minimum absolute atomic E-state index is 0.113. The van der Waals surface area contributed by atoms with Crippen LogP contribution in [0.15, 0.2) is 29.2 Å². The molecule has 0 aromatic heterocycles. The molecule has 0 radical (unpaired) electrons. The Morgan fingerprint density at radius 2 is 2.06 bits per heavy atom. The summed E-state index contributed by atoms with van der Waals surface area (Å²) in [6.07, 6.45) is 1.66. The second-order valence-electron chi connectivity index (χ2n) is 4.00.